The first-order valence-corrected chi connectivity index (χ1v) is 28.1. The van der Waals surface area contributed by atoms with Crippen LogP contribution in [0.4, 0.5) is 0 Å². The van der Waals surface area contributed by atoms with Crippen LogP contribution in [0.15, 0.2) is 48.9 Å². The second kappa shape index (κ2) is 29.3. The van der Waals surface area contributed by atoms with Crippen molar-refractivity contribution in [2.45, 2.75) is 221 Å². The van der Waals surface area contributed by atoms with E-state index in [1.807, 2.05) is 99.6 Å². The van der Waals surface area contributed by atoms with Gasteiger partial charge in [0.05, 0.1) is 72.2 Å². The van der Waals surface area contributed by atoms with E-state index < -0.39 is 106 Å². The summed E-state index contributed by atoms with van der Waals surface area (Å²) in [5.74, 6) is -4.25. The zero-order valence-corrected chi connectivity index (χ0v) is 51.3. The van der Waals surface area contributed by atoms with E-state index >= 15 is 4.79 Å². The normalized spacial score (nSPS) is 16.4. The molecule has 80 heavy (non-hydrogen) atoms. The van der Waals surface area contributed by atoms with Gasteiger partial charge < -0.3 is 50.5 Å². The standard InChI is InChI=1S/C59H97BN8O12/c1-38(2)31-46(66-51(75)44(32-40-23-20-19-21-24-40)65-52(76)45-36-61-28-29-62-45)60-79-37-41(80-60)35-63-47(70)33-42(50(74)57(12,13)64-27-22-25-54(6,7)78-30-26-53(4,5)77-18)68-59(16,17)58(14,15)55(8,9)49(73)43(34-48(71)72)67-56(10,11)39(3)69/h19-21,23-24,28-29,36,38,41-44,46,64,67-68H,22,25-27,30-35,37H2,1-18H3,(H,63,70)(H,65,76)(H,66,75)(H,71,72). The van der Waals surface area contributed by atoms with Gasteiger partial charge in [-0.15, -0.1) is 0 Å². The van der Waals surface area contributed by atoms with Gasteiger partial charge in [0.1, 0.15) is 17.5 Å². The third kappa shape index (κ3) is 20.8. The average molecular weight is 1120 g/mol. The van der Waals surface area contributed by atoms with Crippen molar-refractivity contribution < 1.29 is 57.5 Å². The lowest BCUT2D eigenvalue weighted by molar-refractivity contribution is -0.147. The SMILES string of the molecule is COC(C)(C)CCOC(C)(C)CCCNC(C)(C)C(=O)C(CC(=O)NCC1COB(C(CC(C)C)NC(=O)C(Cc2ccccc2)NC(=O)c2cnccn2)O1)NC(C)(C)C(C)(C)C(C)(C)C(=O)C(CC(=O)O)NC(C)(C)C(C)=O. The number of ether oxygens (including phenoxy) is 2. The Labute approximate surface area is 476 Å². The molecule has 5 atom stereocenters. The van der Waals surface area contributed by atoms with Gasteiger partial charge in [0, 0.05) is 49.8 Å². The van der Waals surface area contributed by atoms with Crippen LogP contribution in [0.5, 0.6) is 0 Å². The first kappa shape index (κ1) is 69.2. The van der Waals surface area contributed by atoms with Gasteiger partial charge in [0.15, 0.2) is 11.6 Å². The Bertz CT molecular complexity index is 2380. The highest BCUT2D eigenvalue weighted by Gasteiger charge is 2.55. The zero-order chi connectivity index (χ0) is 60.7. The minimum absolute atomic E-state index is 0.0108. The molecule has 448 valence electrons. The van der Waals surface area contributed by atoms with Gasteiger partial charge in [-0.05, 0) is 125 Å². The van der Waals surface area contributed by atoms with Crippen molar-refractivity contribution in [2.24, 2.45) is 16.7 Å². The number of ketones is 3. The van der Waals surface area contributed by atoms with Crippen molar-refractivity contribution >= 4 is 48.2 Å². The molecule has 5 unspecified atom stereocenters. The van der Waals surface area contributed by atoms with Crippen LogP contribution in [0.3, 0.4) is 0 Å². The molecule has 1 aliphatic rings. The number of amides is 3. The smallest absolute Gasteiger partial charge is 0.481 e. The number of carbonyl (C=O) groups excluding carboxylic acids is 6. The number of aromatic nitrogens is 2. The topological polar surface area (TPSA) is 275 Å². The van der Waals surface area contributed by atoms with E-state index in [4.69, 9.17) is 18.8 Å². The molecule has 21 heteroatoms. The Morgan fingerprint density at radius 3 is 2.00 bits per heavy atom. The van der Waals surface area contributed by atoms with E-state index in [1.54, 1.807) is 48.7 Å². The van der Waals surface area contributed by atoms with E-state index in [9.17, 15) is 33.9 Å². The quantitative estimate of drug-likeness (QED) is 0.0314. The predicted molar refractivity (Wildman–Crippen MR) is 309 cm³/mol. The van der Waals surface area contributed by atoms with Crippen LogP contribution in [0.25, 0.3) is 0 Å². The molecular formula is C59H97BN8O12. The van der Waals surface area contributed by atoms with Crippen LogP contribution < -0.4 is 31.9 Å². The molecule has 7 N–H and O–H groups in total. The summed E-state index contributed by atoms with van der Waals surface area (Å²) in [6.45, 7) is 32.1. The number of Topliss-reactive ketones (excluding diaryl/α,β-unsaturated/α-hetero) is 3. The molecule has 2 aromatic rings. The molecule has 0 spiro atoms. The summed E-state index contributed by atoms with van der Waals surface area (Å²) in [6.07, 6.45) is 5.42. The Morgan fingerprint density at radius 2 is 1.43 bits per heavy atom. The van der Waals surface area contributed by atoms with Crippen LogP contribution in [0.2, 0.25) is 0 Å². The summed E-state index contributed by atoms with van der Waals surface area (Å²) in [4.78, 5) is 104. The van der Waals surface area contributed by atoms with Crippen LogP contribution in [0.1, 0.15) is 172 Å². The average Bonchev–Trinajstić information content (AvgIpc) is 3.89. The highest BCUT2D eigenvalue weighted by atomic mass is 16.6. The van der Waals surface area contributed by atoms with Crippen LogP contribution >= 0.6 is 0 Å². The number of methoxy groups -OCH3 is 1. The summed E-state index contributed by atoms with van der Waals surface area (Å²) < 4.78 is 24.3. The van der Waals surface area contributed by atoms with Crippen LogP contribution in [-0.2, 0) is 54.0 Å². The molecule has 0 bridgehead atoms. The first-order chi connectivity index (χ1) is 36.9. The number of rotatable bonds is 36. The molecule has 0 aliphatic carbocycles. The van der Waals surface area contributed by atoms with Crippen molar-refractivity contribution in [2.75, 3.05) is 33.4 Å². The summed E-state index contributed by atoms with van der Waals surface area (Å²) in [5.41, 5.74) is -5.64. The molecule has 20 nitrogen and oxygen atoms in total. The zero-order valence-electron chi connectivity index (χ0n) is 51.3. The van der Waals surface area contributed by atoms with Crippen molar-refractivity contribution in [3.8, 4) is 0 Å². The molecule has 1 aromatic carbocycles. The molecule has 3 rings (SSSR count). The number of carboxylic acid groups (broad SMARTS) is 1. The largest absolute Gasteiger partial charge is 0.481 e. The first-order valence-electron chi connectivity index (χ1n) is 28.1. The van der Waals surface area contributed by atoms with Gasteiger partial charge in [0.25, 0.3) is 5.91 Å². The number of nitrogens with zero attached hydrogens (tertiary/aromatic N) is 2. The fourth-order valence-corrected chi connectivity index (χ4v) is 9.47. The number of aliphatic carboxylic acids is 1. The van der Waals surface area contributed by atoms with Crippen LogP contribution in [-0.4, -0.2) is 155 Å². The molecule has 0 radical (unpaired) electrons. The molecule has 1 fully saturated rings. The van der Waals surface area contributed by atoms with Gasteiger partial charge in [-0.25, -0.2) is 4.98 Å². The van der Waals surface area contributed by atoms with Gasteiger partial charge >= 0.3 is 13.1 Å². The Balaban J connectivity index is 1.86. The highest BCUT2D eigenvalue weighted by molar-refractivity contribution is 6.47. The Kier molecular flexibility index (Phi) is 25.4. The lowest BCUT2D eigenvalue weighted by Gasteiger charge is -2.53. The number of carbonyl (C=O) groups is 7. The van der Waals surface area contributed by atoms with Gasteiger partial charge in [0.2, 0.25) is 11.8 Å². The summed E-state index contributed by atoms with van der Waals surface area (Å²) in [6, 6.07) is 5.98. The molecule has 2 heterocycles. The van der Waals surface area contributed by atoms with Crippen molar-refractivity contribution in [1.29, 1.82) is 0 Å². The second-order valence-corrected chi connectivity index (χ2v) is 25.8. The molecular weight excluding hydrogens is 1020 g/mol. The minimum Gasteiger partial charge on any atom is -0.481 e. The maximum atomic E-state index is 15.0. The third-order valence-corrected chi connectivity index (χ3v) is 16.4. The van der Waals surface area contributed by atoms with E-state index in [-0.39, 0.29) is 54.8 Å². The molecule has 1 saturated heterocycles. The molecule has 1 aliphatic heterocycles. The van der Waals surface area contributed by atoms with E-state index in [1.165, 1.54) is 25.5 Å². The summed E-state index contributed by atoms with van der Waals surface area (Å²) in [5, 5.41) is 28.7. The lowest BCUT2D eigenvalue weighted by atomic mass is 9.55. The van der Waals surface area contributed by atoms with Crippen molar-refractivity contribution in [3.05, 3.63) is 60.2 Å². The molecule has 0 saturated carbocycles. The Morgan fingerprint density at radius 1 is 0.787 bits per heavy atom. The molecule has 1 aromatic heterocycles. The van der Waals surface area contributed by atoms with E-state index in [0.29, 0.717) is 32.4 Å². The fourth-order valence-electron chi connectivity index (χ4n) is 9.47. The van der Waals surface area contributed by atoms with Gasteiger partial charge in [-0.1, -0.05) is 71.9 Å². The number of carboxylic acids is 1. The van der Waals surface area contributed by atoms with E-state index in [2.05, 4.69) is 41.9 Å². The van der Waals surface area contributed by atoms with Crippen molar-refractivity contribution in [3.63, 3.8) is 0 Å². The minimum atomic E-state index is -1.28. The lowest BCUT2D eigenvalue weighted by Crippen LogP contribution is -2.67. The number of benzene rings is 1. The highest BCUT2D eigenvalue weighted by Crippen LogP contribution is 2.48. The summed E-state index contributed by atoms with van der Waals surface area (Å²) >= 11 is 0. The van der Waals surface area contributed by atoms with Crippen LogP contribution in [0, 0.1) is 16.7 Å². The number of nitrogens with one attached hydrogen (secondary N) is 6. The predicted octanol–water partition coefficient (Wildman–Crippen LogP) is 5.78. The van der Waals surface area contributed by atoms with Crippen molar-refractivity contribution in [1.82, 2.24) is 41.9 Å². The fraction of sp³-hybridized carbons (Fsp3) is 0.712. The van der Waals surface area contributed by atoms with Gasteiger partial charge in [-0.2, -0.15) is 0 Å². The van der Waals surface area contributed by atoms with Gasteiger partial charge in [-0.3, -0.25) is 43.9 Å². The number of hydrogen-bond donors (Lipinski definition) is 7. The second-order valence-electron chi connectivity index (χ2n) is 25.8. The third-order valence-electron chi connectivity index (χ3n) is 16.4. The van der Waals surface area contributed by atoms with E-state index in [0.717, 1.165) is 12.0 Å². The number of hydrogen-bond acceptors (Lipinski definition) is 16. The maximum Gasteiger partial charge on any atom is 0.481 e. The monoisotopic (exact) mass is 1120 g/mol. The molecule has 3 amide bonds. The maximum absolute atomic E-state index is 15.0. The Hall–Kier alpha value is -5.03. The summed E-state index contributed by atoms with van der Waals surface area (Å²) in [7, 11) is 0.782.